The van der Waals surface area contributed by atoms with Crippen LogP contribution in [0.5, 0.6) is 17.2 Å². The maximum absolute atomic E-state index is 11.8. The number of nitrogens with zero attached hydrogens (tertiary/aromatic N) is 1. The maximum Gasteiger partial charge on any atom is 0.277 e. The van der Waals surface area contributed by atoms with Gasteiger partial charge in [-0.1, -0.05) is 23.7 Å². The van der Waals surface area contributed by atoms with E-state index in [4.69, 9.17) is 25.8 Å². The Labute approximate surface area is 157 Å². The number of hydrazone groups is 1. The number of carbonyl (C=O) groups excluding carboxylic acids is 1. The topological polar surface area (TPSA) is 69.2 Å². The summed E-state index contributed by atoms with van der Waals surface area (Å²) in [6.07, 6.45) is 1.55. The molecule has 0 fully saturated rings. The summed E-state index contributed by atoms with van der Waals surface area (Å²) in [6, 6.07) is 12.3. The van der Waals surface area contributed by atoms with E-state index in [1.807, 2.05) is 19.9 Å². The van der Waals surface area contributed by atoms with E-state index in [2.05, 4.69) is 10.5 Å². The SMILES string of the molecule is COc1cc(/C=N/NC(=O)COc2ccccc2Cl)ccc1OC(C)C. The van der Waals surface area contributed by atoms with Crippen LogP contribution in [-0.4, -0.2) is 31.9 Å². The molecule has 0 aliphatic rings. The minimum atomic E-state index is -0.395. The Morgan fingerprint density at radius 1 is 1.19 bits per heavy atom. The summed E-state index contributed by atoms with van der Waals surface area (Å²) in [5.74, 6) is 1.29. The van der Waals surface area contributed by atoms with Crippen LogP contribution >= 0.6 is 11.6 Å². The number of benzene rings is 2. The number of amides is 1. The molecule has 0 unspecified atom stereocenters. The fraction of sp³-hybridized carbons (Fsp3) is 0.263. The molecular weight excluding hydrogens is 356 g/mol. The normalized spacial score (nSPS) is 10.8. The summed E-state index contributed by atoms with van der Waals surface area (Å²) in [5, 5.41) is 4.35. The van der Waals surface area contributed by atoms with Gasteiger partial charge in [0, 0.05) is 0 Å². The molecule has 0 radical (unpaired) electrons. The molecule has 6 nitrogen and oxygen atoms in total. The molecule has 0 saturated heterocycles. The standard InChI is InChI=1S/C19H21ClN2O4/c1-13(2)26-17-9-8-14(10-18(17)24-3)11-21-22-19(23)12-25-16-7-5-4-6-15(16)20/h4-11,13H,12H2,1-3H3,(H,22,23)/b21-11+. The lowest BCUT2D eigenvalue weighted by atomic mass is 10.2. The Morgan fingerprint density at radius 3 is 2.65 bits per heavy atom. The fourth-order valence-electron chi connectivity index (χ4n) is 2.03. The van der Waals surface area contributed by atoms with Crippen molar-refractivity contribution in [3.63, 3.8) is 0 Å². The van der Waals surface area contributed by atoms with Gasteiger partial charge in [0.25, 0.3) is 5.91 Å². The summed E-state index contributed by atoms with van der Waals surface area (Å²) in [5.41, 5.74) is 3.15. The van der Waals surface area contributed by atoms with Crippen LogP contribution in [-0.2, 0) is 4.79 Å². The van der Waals surface area contributed by atoms with Gasteiger partial charge in [-0.15, -0.1) is 0 Å². The van der Waals surface area contributed by atoms with Gasteiger partial charge in [0.1, 0.15) is 5.75 Å². The van der Waals surface area contributed by atoms with Gasteiger partial charge in [-0.3, -0.25) is 4.79 Å². The summed E-state index contributed by atoms with van der Waals surface area (Å²) in [6.45, 7) is 3.69. The quantitative estimate of drug-likeness (QED) is 0.563. The average Bonchev–Trinajstić information content (AvgIpc) is 2.61. The molecular formula is C19H21ClN2O4. The molecule has 0 aromatic heterocycles. The van der Waals surface area contributed by atoms with E-state index in [1.165, 1.54) is 6.21 Å². The van der Waals surface area contributed by atoms with Crippen molar-refractivity contribution in [1.29, 1.82) is 0 Å². The van der Waals surface area contributed by atoms with Crippen LogP contribution in [0.1, 0.15) is 19.4 Å². The van der Waals surface area contributed by atoms with Crippen molar-refractivity contribution in [3.8, 4) is 17.2 Å². The molecule has 0 bridgehead atoms. The summed E-state index contributed by atoms with van der Waals surface area (Å²) < 4.78 is 16.3. The first-order chi connectivity index (χ1) is 12.5. The van der Waals surface area contributed by atoms with Gasteiger partial charge in [0.2, 0.25) is 0 Å². The molecule has 0 aliphatic carbocycles. The number of carbonyl (C=O) groups is 1. The Balaban J connectivity index is 1.89. The van der Waals surface area contributed by atoms with Gasteiger partial charge in [-0.2, -0.15) is 5.10 Å². The van der Waals surface area contributed by atoms with E-state index in [1.54, 1.807) is 43.5 Å². The molecule has 1 N–H and O–H groups in total. The lowest BCUT2D eigenvalue weighted by Gasteiger charge is -2.13. The van der Waals surface area contributed by atoms with Crippen LogP contribution < -0.4 is 19.6 Å². The van der Waals surface area contributed by atoms with Crippen molar-refractivity contribution in [2.45, 2.75) is 20.0 Å². The molecule has 138 valence electrons. The van der Waals surface area contributed by atoms with Crippen LogP contribution in [0.25, 0.3) is 0 Å². The van der Waals surface area contributed by atoms with Crippen LogP contribution in [0.2, 0.25) is 5.02 Å². The number of hydrogen-bond acceptors (Lipinski definition) is 5. The maximum atomic E-state index is 11.8. The Kier molecular flexibility index (Phi) is 7.29. The van der Waals surface area contributed by atoms with E-state index in [0.717, 1.165) is 5.56 Å². The summed E-state index contributed by atoms with van der Waals surface area (Å²) in [7, 11) is 1.57. The first-order valence-electron chi connectivity index (χ1n) is 8.03. The number of ether oxygens (including phenoxy) is 3. The molecule has 0 spiro atoms. The second-order valence-corrected chi connectivity index (χ2v) is 6.00. The molecule has 1 amide bonds. The summed E-state index contributed by atoms with van der Waals surface area (Å²) in [4.78, 5) is 11.8. The molecule has 0 heterocycles. The van der Waals surface area contributed by atoms with Crippen molar-refractivity contribution in [1.82, 2.24) is 5.43 Å². The molecule has 0 aliphatic heterocycles. The van der Waals surface area contributed by atoms with Gasteiger partial charge < -0.3 is 14.2 Å². The van der Waals surface area contributed by atoms with Gasteiger partial charge >= 0.3 is 0 Å². The van der Waals surface area contributed by atoms with Crippen molar-refractivity contribution in [3.05, 3.63) is 53.1 Å². The molecule has 7 heteroatoms. The first kappa shape index (κ1) is 19.6. The minimum absolute atomic E-state index is 0.0424. The van der Waals surface area contributed by atoms with Crippen molar-refractivity contribution in [2.24, 2.45) is 5.10 Å². The van der Waals surface area contributed by atoms with E-state index < -0.39 is 5.91 Å². The monoisotopic (exact) mass is 376 g/mol. The number of para-hydroxylation sites is 1. The highest BCUT2D eigenvalue weighted by molar-refractivity contribution is 6.32. The third-order valence-electron chi connectivity index (χ3n) is 3.15. The molecule has 2 aromatic rings. The van der Waals surface area contributed by atoms with Crippen LogP contribution in [0.15, 0.2) is 47.6 Å². The van der Waals surface area contributed by atoms with E-state index in [9.17, 15) is 4.79 Å². The average molecular weight is 377 g/mol. The predicted molar refractivity (Wildman–Crippen MR) is 101 cm³/mol. The molecule has 2 aromatic carbocycles. The Morgan fingerprint density at radius 2 is 1.96 bits per heavy atom. The van der Waals surface area contributed by atoms with Crippen molar-refractivity contribution >= 4 is 23.7 Å². The van der Waals surface area contributed by atoms with Crippen molar-refractivity contribution < 1.29 is 19.0 Å². The lowest BCUT2D eigenvalue weighted by Crippen LogP contribution is -2.24. The largest absolute Gasteiger partial charge is 0.493 e. The second-order valence-electron chi connectivity index (χ2n) is 5.59. The molecule has 2 rings (SSSR count). The van der Waals surface area contributed by atoms with Gasteiger partial charge in [0.05, 0.1) is 24.5 Å². The number of hydrogen-bond donors (Lipinski definition) is 1. The van der Waals surface area contributed by atoms with Crippen molar-refractivity contribution in [2.75, 3.05) is 13.7 Å². The second kappa shape index (κ2) is 9.68. The van der Waals surface area contributed by atoms with Crippen LogP contribution in [0, 0.1) is 0 Å². The van der Waals surface area contributed by atoms with Gasteiger partial charge in [-0.05, 0) is 49.7 Å². The zero-order valence-corrected chi connectivity index (χ0v) is 15.6. The van der Waals surface area contributed by atoms with E-state index >= 15 is 0 Å². The first-order valence-corrected chi connectivity index (χ1v) is 8.41. The number of halogens is 1. The zero-order chi connectivity index (χ0) is 18.9. The molecule has 0 saturated carbocycles. The zero-order valence-electron chi connectivity index (χ0n) is 14.9. The lowest BCUT2D eigenvalue weighted by molar-refractivity contribution is -0.123. The third kappa shape index (κ3) is 5.97. The highest BCUT2D eigenvalue weighted by atomic mass is 35.5. The third-order valence-corrected chi connectivity index (χ3v) is 3.46. The van der Waals surface area contributed by atoms with Crippen LogP contribution in [0.3, 0.4) is 0 Å². The van der Waals surface area contributed by atoms with Crippen LogP contribution in [0.4, 0.5) is 0 Å². The highest BCUT2D eigenvalue weighted by Gasteiger charge is 2.07. The number of methoxy groups -OCH3 is 1. The van der Waals surface area contributed by atoms with E-state index in [-0.39, 0.29) is 12.7 Å². The minimum Gasteiger partial charge on any atom is -0.493 e. The molecule has 26 heavy (non-hydrogen) atoms. The number of nitrogens with one attached hydrogen (secondary N) is 1. The predicted octanol–water partition coefficient (Wildman–Crippen LogP) is 3.66. The van der Waals surface area contributed by atoms with E-state index in [0.29, 0.717) is 22.3 Å². The van der Waals surface area contributed by atoms with Gasteiger partial charge in [0.15, 0.2) is 18.1 Å². The smallest absolute Gasteiger partial charge is 0.277 e. The summed E-state index contributed by atoms with van der Waals surface area (Å²) >= 11 is 5.96. The number of rotatable bonds is 8. The highest BCUT2D eigenvalue weighted by Crippen LogP contribution is 2.28. The Bertz CT molecular complexity index is 778. The Hall–Kier alpha value is -2.73. The molecule has 0 atom stereocenters. The fourth-order valence-corrected chi connectivity index (χ4v) is 2.22. The van der Waals surface area contributed by atoms with Gasteiger partial charge in [-0.25, -0.2) is 5.43 Å².